The Morgan fingerprint density at radius 3 is 2.47 bits per heavy atom. The molecule has 0 atom stereocenters. The van der Waals surface area contributed by atoms with Gasteiger partial charge in [-0.1, -0.05) is 13.3 Å². The molecule has 1 aromatic carbocycles. The average molecular weight is 512 g/mol. The Labute approximate surface area is 206 Å². The number of benzene rings is 1. The number of H-pyrrole nitrogens is 1. The lowest BCUT2D eigenvalue weighted by molar-refractivity contribution is 0.103. The summed E-state index contributed by atoms with van der Waals surface area (Å²) in [5.41, 5.74) is 0.554. The Kier molecular flexibility index (Phi) is 6.25. The van der Waals surface area contributed by atoms with Gasteiger partial charge in [0.1, 0.15) is 23.0 Å². The summed E-state index contributed by atoms with van der Waals surface area (Å²) in [5, 5.41) is 0.428. The molecule has 11 heteroatoms. The number of sulfonamides is 1. The Hall–Kier alpha value is -3.73. The van der Waals surface area contributed by atoms with Crippen LogP contribution in [0.5, 0.6) is 0 Å². The summed E-state index contributed by atoms with van der Waals surface area (Å²) in [6, 6.07) is 3.58. The molecule has 1 aliphatic rings. The minimum Gasteiger partial charge on any atom is -0.345 e. The van der Waals surface area contributed by atoms with E-state index in [0.717, 1.165) is 30.8 Å². The summed E-state index contributed by atoms with van der Waals surface area (Å²) in [6.45, 7) is 1.63. The number of nitrogens with zero attached hydrogens (tertiary/aromatic N) is 3. The average Bonchev–Trinajstić information content (AvgIpc) is 3.24. The molecule has 0 unspecified atom stereocenters. The molecule has 0 radical (unpaired) electrons. The van der Waals surface area contributed by atoms with E-state index >= 15 is 4.39 Å². The van der Waals surface area contributed by atoms with Gasteiger partial charge in [0.25, 0.3) is 0 Å². The van der Waals surface area contributed by atoms with Crippen molar-refractivity contribution < 1.29 is 22.0 Å². The molecule has 0 aliphatic heterocycles. The lowest BCUT2D eigenvalue weighted by Crippen LogP contribution is -2.19. The highest BCUT2D eigenvalue weighted by Gasteiger charge is 2.25. The zero-order valence-corrected chi connectivity index (χ0v) is 20.2. The van der Waals surface area contributed by atoms with Crippen LogP contribution in [0.2, 0.25) is 0 Å². The van der Waals surface area contributed by atoms with Gasteiger partial charge in [0, 0.05) is 52.8 Å². The standard InChI is InChI=1S/C25H23F2N5O3S/c1-2-8-36(34,35)32-22-20(26)7-6-17(21(22)27)23(33)19-13-31-25-18(19)9-15(10-30-25)16-11-28-24(29-12-16)14-4-3-5-14/h6-7,9-14,32H,2-5,8H2,1H3,(H,30,31). The van der Waals surface area contributed by atoms with Gasteiger partial charge in [-0.3, -0.25) is 9.52 Å². The molecular weight excluding hydrogens is 488 g/mol. The molecule has 186 valence electrons. The molecule has 0 amide bonds. The van der Waals surface area contributed by atoms with Gasteiger partial charge in [-0.2, -0.15) is 0 Å². The second-order valence-electron chi connectivity index (χ2n) is 8.81. The fourth-order valence-electron chi connectivity index (χ4n) is 4.16. The quantitative estimate of drug-likeness (QED) is 0.323. The van der Waals surface area contributed by atoms with Crippen LogP contribution in [-0.2, 0) is 10.0 Å². The zero-order chi connectivity index (χ0) is 25.4. The Balaban J connectivity index is 1.49. The van der Waals surface area contributed by atoms with Crippen molar-refractivity contribution in [2.45, 2.75) is 38.5 Å². The second-order valence-corrected chi connectivity index (χ2v) is 10.7. The van der Waals surface area contributed by atoms with E-state index in [4.69, 9.17) is 0 Å². The van der Waals surface area contributed by atoms with Crippen LogP contribution in [0, 0.1) is 11.6 Å². The Morgan fingerprint density at radius 1 is 1.08 bits per heavy atom. The second kappa shape index (κ2) is 9.38. The Bertz CT molecular complexity index is 1560. The number of carbonyl (C=O) groups excluding carboxylic acids is 1. The molecule has 1 saturated carbocycles. The van der Waals surface area contributed by atoms with Crippen molar-refractivity contribution in [1.82, 2.24) is 19.9 Å². The van der Waals surface area contributed by atoms with E-state index in [1.54, 1.807) is 31.6 Å². The van der Waals surface area contributed by atoms with E-state index in [1.165, 1.54) is 12.6 Å². The number of hydrogen-bond acceptors (Lipinski definition) is 6. The lowest BCUT2D eigenvalue weighted by Gasteiger charge is -2.23. The summed E-state index contributed by atoms with van der Waals surface area (Å²) in [5.74, 6) is -2.24. The number of halogens is 2. The molecule has 8 nitrogen and oxygen atoms in total. The highest BCUT2D eigenvalue weighted by atomic mass is 32.2. The number of fused-ring (bicyclic) bond motifs is 1. The maximum atomic E-state index is 15.2. The first-order valence-corrected chi connectivity index (χ1v) is 13.2. The summed E-state index contributed by atoms with van der Waals surface area (Å²) in [7, 11) is -3.97. The van der Waals surface area contributed by atoms with Crippen LogP contribution in [0.25, 0.3) is 22.2 Å². The van der Waals surface area contributed by atoms with Crippen molar-refractivity contribution in [1.29, 1.82) is 0 Å². The summed E-state index contributed by atoms with van der Waals surface area (Å²) < 4.78 is 55.6. The first kappa shape index (κ1) is 24.0. The van der Waals surface area contributed by atoms with Crippen LogP contribution in [0.3, 0.4) is 0 Å². The molecule has 5 rings (SSSR count). The molecular formula is C25H23F2N5O3S. The monoisotopic (exact) mass is 511 g/mol. The molecule has 4 aromatic rings. The maximum absolute atomic E-state index is 15.2. The van der Waals surface area contributed by atoms with Gasteiger partial charge < -0.3 is 4.98 Å². The molecule has 0 saturated heterocycles. The van der Waals surface area contributed by atoms with Gasteiger partial charge in [-0.15, -0.1) is 0 Å². The predicted molar refractivity (Wildman–Crippen MR) is 131 cm³/mol. The van der Waals surface area contributed by atoms with Crippen LogP contribution in [0.1, 0.15) is 60.3 Å². The number of aromatic amines is 1. The first-order chi connectivity index (χ1) is 17.3. The van der Waals surface area contributed by atoms with E-state index in [1.807, 2.05) is 4.72 Å². The number of rotatable bonds is 8. The third-order valence-corrected chi connectivity index (χ3v) is 7.78. The molecule has 2 N–H and O–H groups in total. The fourth-order valence-corrected chi connectivity index (χ4v) is 5.29. The number of ketones is 1. The van der Waals surface area contributed by atoms with Crippen molar-refractivity contribution in [3.63, 3.8) is 0 Å². The van der Waals surface area contributed by atoms with Crippen LogP contribution in [-0.4, -0.2) is 39.9 Å². The van der Waals surface area contributed by atoms with Gasteiger partial charge in [0.2, 0.25) is 10.0 Å². The predicted octanol–water partition coefficient (Wildman–Crippen LogP) is 4.95. The van der Waals surface area contributed by atoms with E-state index in [-0.39, 0.29) is 17.7 Å². The number of nitrogens with one attached hydrogen (secondary N) is 2. The van der Waals surface area contributed by atoms with Crippen LogP contribution < -0.4 is 4.72 Å². The smallest absolute Gasteiger partial charge is 0.232 e. The minimum atomic E-state index is -3.97. The van der Waals surface area contributed by atoms with Crippen LogP contribution >= 0.6 is 0 Å². The highest BCUT2D eigenvalue weighted by Crippen LogP contribution is 2.35. The van der Waals surface area contributed by atoms with Crippen LogP contribution in [0.15, 0.2) is 43.0 Å². The van der Waals surface area contributed by atoms with Crippen molar-refractivity contribution in [2.24, 2.45) is 0 Å². The molecule has 36 heavy (non-hydrogen) atoms. The molecule has 0 spiro atoms. The molecule has 3 aromatic heterocycles. The number of pyridine rings is 1. The molecule has 1 aliphatic carbocycles. The van der Waals surface area contributed by atoms with E-state index < -0.39 is 38.7 Å². The lowest BCUT2D eigenvalue weighted by atomic mass is 9.85. The maximum Gasteiger partial charge on any atom is 0.232 e. The van der Waals surface area contributed by atoms with Gasteiger partial charge in [-0.25, -0.2) is 32.2 Å². The van der Waals surface area contributed by atoms with E-state index in [2.05, 4.69) is 19.9 Å². The van der Waals surface area contributed by atoms with Crippen molar-refractivity contribution in [3.05, 3.63) is 71.6 Å². The van der Waals surface area contributed by atoms with E-state index in [0.29, 0.717) is 28.1 Å². The summed E-state index contributed by atoms with van der Waals surface area (Å²) in [6.07, 6.45) is 10.1. The van der Waals surface area contributed by atoms with Crippen molar-refractivity contribution >= 4 is 32.5 Å². The van der Waals surface area contributed by atoms with Crippen molar-refractivity contribution in [3.8, 4) is 11.1 Å². The highest BCUT2D eigenvalue weighted by molar-refractivity contribution is 7.92. The van der Waals surface area contributed by atoms with Gasteiger partial charge in [0.15, 0.2) is 11.6 Å². The van der Waals surface area contributed by atoms with Gasteiger partial charge in [-0.05, 0) is 37.5 Å². The third-order valence-electron chi connectivity index (χ3n) is 6.32. The first-order valence-electron chi connectivity index (χ1n) is 11.6. The zero-order valence-electron chi connectivity index (χ0n) is 19.4. The topological polar surface area (TPSA) is 118 Å². The third kappa shape index (κ3) is 4.46. The van der Waals surface area contributed by atoms with Crippen LogP contribution in [0.4, 0.5) is 14.5 Å². The Morgan fingerprint density at radius 2 is 1.81 bits per heavy atom. The fraction of sp³-hybridized carbons (Fsp3) is 0.280. The van der Waals surface area contributed by atoms with Crippen molar-refractivity contribution in [2.75, 3.05) is 10.5 Å². The largest absolute Gasteiger partial charge is 0.345 e. The number of hydrogen-bond donors (Lipinski definition) is 2. The minimum absolute atomic E-state index is 0.110. The summed E-state index contributed by atoms with van der Waals surface area (Å²) >= 11 is 0. The number of anilines is 1. The van der Waals surface area contributed by atoms with E-state index in [9.17, 15) is 17.6 Å². The number of carbonyl (C=O) groups is 1. The summed E-state index contributed by atoms with van der Waals surface area (Å²) in [4.78, 5) is 29.5. The molecule has 1 fully saturated rings. The normalized spacial score (nSPS) is 14.1. The van der Waals surface area contributed by atoms with Gasteiger partial charge >= 0.3 is 0 Å². The SMILES string of the molecule is CCCS(=O)(=O)Nc1c(F)ccc(C(=O)c2c[nH]c3ncc(-c4cnc(C5CCC5)nc4)cc23)c1F. The molecule has 3 heterocycles. The number of aromatic nitrogens is 4. The van der Waals surface area contributed by atoms with Gasteiger partial charge in [0.05, 0.1) is 11.3 Å². The molecule has 0 bridgehead atoms.